The maximum atomic E-state index is 12.3. The molecular formula is C19H17N2O2+. The van der Waals surface area contributed by atoms with Crippen molar-refractivity contribution in [3.8, 4) is 0 Å². The lowest BCUT2D eigenvalue weighted by atomic mass is 10.1. The van der Waals surface area contributed by atoms with E-state index in [2.05, 4.69) is 5.32 Å². The molecule has 1 amide bonds. The quantitative estimate of drug-likeness (QED) is 0.595. The van der Waals surface area contributed by atoms with Crippen LogP contribution in [0.15, 0.2) is 67.0 Å². The number of nitrogens with zero attached hydrogens (tertiary/aromatic N) is 1. The maximum Gasteiger partial charge on any atom is 0.290 e. The highest BCUT2D eigenvalue weighted by atomic mass is 16.2. The summed E-state index contributed by atoms with van der Waals surface area (Å²) in [6, 6.07) is 17.2. The molecule has 1 aromatic heterocycles. The summed E-state index contributed by atoms with van der Waals surface area (Å²) in [4.78, 5) is 23.7. The predicted molar refractivity (Wildman–Crippen MR) is 89.2 cm³/mol. The Labute approximate surface area is 134 Å². The van der Waals surface area contributed by atoms with Crippen molar-refractivity contribution in [3.63, 3.8) is 0 Å². The number of hydrogen-bond donors (Lipinski definition) is 1. The fourth-order valence-corrected chi connectivity index (χ4v) is 2.52. The number of aromatic nitrogens is 1. The third-order valence-corrected chi connectivity index (χ3v) is 3.65. The number of benzene rings is 2. The number of rotatable bonds is 4. The van der Waals surface area contributed by atoms with Gasteiger partial charge in [0.2, 0.25) is 6.54 Å². The number of carbonyl (C=O) groups is 2. The summed E-state index contributed by atoms with van der Waals surface area (Å²) in [6.45, 7) is 1.67. The van der Waals surface area contributed by atoms with Crippen molar-refractivity contribution < 1.29 is 14.2 Å². The zero-order valence-corrected chi connectivity index (χ0v) is 12.8. The van der Waals surface area contributed by atoms with Crippen LogP contribution in [-0.2, 0) is 11.3 Å². The van der Waals surface area contributed by atoms with Crippen molar-refractivity contribution in [1.29, 1.82) is 0 Å². The Hall–Kier alpha value is -3.01. The molecule has 4 nitrogen and oxygen atoms in total. The van der Waals surface area contributed by atoms with Gasteiger partial charge in [-0.1, -0.05) is 36.4 Å². The average Bonchev–Trinajstić information content (AvgIpc) is 2.55. The first-order chi connectivity index (χ1) is 11.1. The van der Waals surface area contributed by atoms with Gasteiger partial charge >= 0.3 is 0 Å². The topological polar surface area (TPSA) is 50.0 Å². The molecule has 3 aromatic rings. The van der Waals surface area contributed by atoms with Crippen LogP contribution >= 0.6 is 0 Å². The molecule has 1 heterocycles. The molecular weight excluding hydrogens is 288 g/mol. The number of hydrogen-bond acceptors (Lipinski definition) is 2. The molecule has 0 atom stereocenters. The number of ketones is 1. The zero-order valence-electron chi connectivity index (χ0n) is 12.8. The van der Waals surface area contributed by atoms with E-state index in [1.807, 2.05) is 42.5 Å². The summed E-state index contributed by atoms with van der Waals surface area (Å²) in [7, 11) is 0. The van der Waals surface area contributed by atoms with Gasteiger partial charge in [-0.25, -0.2) is 0 Å². The van der Waals surface area contributed by atoms with E-state index in [4.69, 9.17) is 0 Å². The largest absolute Gasteiger partial charge is 0.320 e. The highest BCUT2D eigenvalue weighted by Crippen LogP contribution is 2.22. The molecule has 0 fully saturated rings. The Morgan fingerprint density at radius 3 is 2.61 bits per heavy atom. The molecule has 0 aliphatic heterocycles. The molecule has 0 spiro atoms. The average molecular weight is 305 g/mol. The smallest absolute Gasteiger partial charge is 0.290 e. The van der Waals surface area contributed by atoms with Gasteiger partial charge < -0.3 is 5.32 Å². The Kier molecular flexibility index (Phi) is 4.15. The second-order valence-electron chi connectivity index (χ2n) is 5.40. The minimum Gasteiger partial charge on any atom is -0.320 e. The third-order valence-electron chi connectivity index (χ3n) is 3.65. The van der Waals surface area contributed by atoms with E-state index in [1.165, 1.54) is 6.92 Å². The monoisotopic (exact) mass is 305 g/mol. The molecule has 0 unspecified atom stereocenters. The number of anilines is 1. The van der Waals surface area contributed by atoms with Crippen molar-refractivity contribution in [3.05, 3.63) is 72.6 Å². The van der Waals surface area contributed by atoms with Crippen molar-refractivity contribution in [1.82, 2.24) is 0 Å². The van der Waals surface area contributed by atoms with Gasteiger partial charge in [0.15, 0.2) is 18.2 Å². The predicted octanol–water partition coefficient (Wildman–Crippen LogP) is 2.97. The highest BCUT2D eigenvalue weighted by Gasteiger charge is 2.12. The molecule has 23 heavy (non-hydrogen) atoms. The lowest BCUT2D eigenvalue weighted by Crippen LogP contribution is -2.40. The summed E-state index contributed by atoms with van der Waals surface area (Å²) >= 11 is 0. The van der Waals surface area contributed by atoms with Crippen molar-refractivity contribution in [2.45, 2.75) is 13.5 Å². The molecule has 4 heteroatoms. The van der Waals surface area contributed by atoms with Gasteiger partial charge in [-0.3, -0.25) is 9.59 Å². The van der Waals surface area contributed by atoms with E-state index in [1.54, 1.807) is 29.1 Å². The number of amides is 1. The SMILES string of the molecule is CC(=O)c1ccc[n+](CC(=O)Nc2cccc3ccccc23)c1. The first-order valence-electron chi connectivity index (χ1n) is 7.41. The van der Waals surface area contributed by atoms with E-state index in [-0.39, 0.29) is 18.2 Å². The molecule has 1 N–H and O–H groups in total. The standard InChI is InChI=1S/C19H16N2O2/c1-14(22)16-8-5-11-21(12-16)13-19(23)20-18-10-4-7-15-6-2-3-9-17(15)18/h2-12H,13H2,1H3/p+1. The maximum absolute atomic E-state index is 12.3. The van der Waals surface area contributed by atoms with Gasteiger partial charge in [0.25, 0.3) is 5.91 Å². The summed E-state index contributed by atoms with van der Waals surface area (Å²) in [5.74, 6) is -0.152. The number of carbonyl (C=O) groups excluding carboxylic acids is 2. The van der Waals surface area contributed by atoms with Gasteiger partial charge in [0.1, 0.15) is 0 Å². The van der Waals surface area contributed by atoms with Crippen molar-refractivity contribution in [2.75, 3.05) is 5.32 Å². The lowest BCUT2D eigenvalue weighted by molar-refractivity contribution is -0.684. The minimum atomic E-state index is -0.132. The van der Waals surface area contributed by atoms with Crippen LogP contribution in [0.5, 0.6) is 0 Å². The Morgan fingerprint density at radius 2 is 1.78 bits per heavy atom. The molecule has 0 radical (unpaired) electrons. The second kappa shape index (κ2) is 6.40. The number of pyridine rings is 1. The number of nitrogens with one attached hydrogen (secondary N) is 1. The van der Waals surface area contributed by atoms with Crippen LogP contribution < -0.4 is 9.88 Å². The lowest BCUT2D eigenvalue weighted by Gasteiger charge is -2.07. The molecule has 114 valence electrons. The summed E-state index contributed by atoms with van der Waals surface area (Å²) in [5, 5.41) is 5.02. The number of Topliss-reactive ketones (excluding diaryl/α,β-unsaturated/α-hetero) is 1. The molecule has 0 saturated heterocycles. The molecule has 0 bridgehead atoms. The van der Waals surface area contributed by atoms with E-state index in [0.29, 0.717) is 5.56 Å². The summed E-state index contributed by atoms with van der Waals surface area (Å²) < 4.78 is 1.71. The van der Waals surface area contributed by atoms with Gasteiger partial charge in [-0.15, -0.1) is 0 Å². The van der Waals surface area contributed by atoms with E-state index < -0.39 is 0 Å². The Morgan fingerprint density at radius 1 is 1.00 bits per heavy atom. The molecule has 3 rings (SSSR count). The number of fused-ring (bicyclic) bond motifs is 1. The second-order valence-corrected chi connectivity index (χ2v) is 5.40. The van der Waals surface area contributed by atoms with E-state index in [0.717, 1.165) is 16.5 Å². The van der Waals surface area contributed by atoms with Gasteiger partial charge in [0.05, 0.1) is 5.56 Å². The van der Waals surface area contributed by atoms with Crippen molar-refractivity contribution in [2.24, 2.45) is 0 Å². The Bertz CT molecular complexity index is 882. The fraction of sp³-hybridized carbons (Fsp3) is 0.105. The third kappa shape index (κ3) is 3.43. The van der Waals surface area contributed by atoms with E-state index in [9.17, 15) is 9.59 Å². The summed E-state index contributed by atoms with van der Waals surface area (Å²) in [6.07, 6.45) is 3.46. The normalized spacial score (nSPS) is 10.5. The van der Waals surface area contributed by atoms with Crippen LogP contribution in [0.2, 0.25) is 0 Å². The van der Waals surface area contributed by atoms with E-state index >= 15 is 0 Å². The molecule has 2 aromatic carbocycles. The van der Waals surface area contributed by atoms with Crippen LogP contribution in [0.3, 0.4) is 0 Å². The van der Waals surface area contributed by atoms with Crippen LogP contribution in [0.1, 0.15) is 17.3 Å². The Balaban J connectivity index is 1.79. The van der Waals surface area contributed by atoms with Gasteiger partial charge in [-0.2, -0.15) is 4.57 Å². The van der Waals surface area contributed by atoms with Crippen LogP contribution in [0.25, 0.3) is 10.8 Å². The molecule has 0 aliphatic carbocycles. The molecule has 0 aliphatic rings. The summed E-state index contributed by atoms with van der Waals surface area (Å²) in [5.41, 5.74) is 1.38. The molecule has 0 saturated carbocycles. The zero-order chi connectivity index (χ0) is 16.2. The first kappa shape index (κ1) is 14.9. The van der Waals surface area contributed by atoms with Gasteiger partial charge in [-0.05, 0) is 24.4 Å². The fourth-order valence-electron chi connectivity index (χ4n) is 2.52. The van der Waals surface area contributed by atoms with Crippen LogP contribution in [0.4, 0.5) is 5.69 Å². The first-order valence-corrected chi connectivity index (χ1v) is 7.41. The van der Waals surface area contributed by atoms with Gasteiger partial charge in [0, 0.05) is 17.1 Å². The van der Waals surface area contributed by atoms with Crippen LogP contribution in [0, 0.1) is 0 Å². The highest BCUT2D eigenvalue weighted by molar-refractivity contribution is 6.01. The minimum absolute atomic E-state index is 0.0196. The van der Waals surface area contributed by atoms with Crippen LogP contribution in [-0.4, -0.2) is 11.7 Å². The van der Waals surface area contributed by atoms with Crippen molar-refractivity contribution >= 4 is 28.2 Å².